The van der Waals surface area contributed by atoms with Gasteiger partial charge < -0.3 is 10.5 Å². The predicted molar refractivity (Wildman–Crippen MR) is 41.0 cm³/mol. The zero-order chi connectivity index (χ0) is 9.14. The Morgan fingerprint density at radius 1 is 1.58 bits per heavy atom. The molecule has 2 N–H and O–H groups in total. The first kappa shape index (κ1) is 9.83. The minimum absolute atomic E-state index is 0.333. The van der Waals surface area contributed by atoms with Crippen LogP contribution in [0.5, 0.6) is 0 Å². The number of ether oxygens (including phenoxy) is 1. The van der Waals surface area contributed by atoms with Crippen LogP contribution in [0.1, 0.15) is 6.42 Å². The number of rotatable bonds is 1. The summed E-state index contributed by atoms with van der Waals surface area (Å²) in [6, 6.07) is -0.762. The zero-order valence-corrected chi connectivity index (χ0v) is 7.04. The van der Waals surface area contributed by atoms with Gasteiger partial charge in [-0.2, -0.15) is 0 Å². The van der Waals surface area contributed by atoms with Crippen LogP contribution in [-0.2, 0) is 4.74 Å². The molecule has 1 rings (SSSR count). The monoisotopic (exact) mass is 180 g/mol. The van der Waals surface area contributed by atoms with Crippen LogP contribution in [0, 0.1) is 0 Å². The van der Waals surface area contributed by atoms with Gasteiger partial charge in [0.15, 0.2) is 0 Å². The van der Waals surface area contributed by atoms with Gasteiger partial charge in [-0.25, -0.2) is 8.78 Å². The maximum Gasteiger partial charge on any atom is 0.254 e. The first-order chi connectivity index (χ1) is 5.63. The Labute approximate surface area is 70.5 Å². The van der Waals surface area contributed by atoms with E-state index in [0.717, 1.165) is 0 Å². The van der Waals surface area contributed by atoms with E-state index in [9.17, 15) is 8.78 Å². The van der Waals surface area contributed by atoms with Crippen molar-refractivity contribution in [3.05, 3.63) is 0 Å². The molecular weight excluding hydrogens is 166 g/mol. The molecule has 3 nitrogen and oxygen atoms in total. The van der Waals surface area contributed by atoms with Gasteiger partial charge in [0.2, 0.25) is 0 Å². The average Bonchev–Trinajstić information content (AvgIpc) is 2.15. The summed E-state index contributed by atoms with van der Waals surface area (Å²) in [4.78, 5) is 1.48. The van der Waals surface area contributed by atoms with E-state index < -0.39 is 18.6 Å². The van der Waals surface area contributed by atoms with Gasteiger partial charge >= 0.3 is 0 Å². The lowest BCUT2D eigenvalue weighted by Crippen LogP contribution is -2.49. The molecular formula is C7H14F2N2O. The highest BCUT2D eigenvalue weighted by atomic mass is 19.3. The quantitative estimate of drug-likeness (QED) is 0.629. The van der Waals surface area contributed by atoms with Gasteiger partial charge in [0.25, 0.3) is 6.43 Å². The summed E-state index contributed by atoms with van der Waals surface area (Å²) in [6.07, 6.45) is -2.41. The van der Waals surface area contributed by atoms with Crippen molar-refractivity contribution in [2.75, 3.05) is 20.3 Å². The van der Waals surface area contributed by atoms with Crippen molar-refractivity contribution in [2.45, 2.75) is 25.1 Å². The second kappa shape index (κ2) is 4.11. The highest BCUT2D eigenvalue weighted by molar-refractivity contribution is 4.77. The Hall–Kier alpha value is -0.260. The number of nitrogens with zero attached hydrogens (tertiary/aromatic N) is 1. The van der Waals surface area contributed by atoms with E-state index in [1.165, 1.54) is 4.90 Å². The Bertz CT molecular complexity index is 145. The second-order valence-corrected chi connectivity index (χ2v) is 3.00. The fraction of sp³-hybridized carbons (Fsp3) is 1.00. The number of nitrogens with two attached hydrogens (primary N) is 1. The molecule has 1 aliphatic rings. The molecule has 1 heterocycles. The van der Waals surface area contributed by atoms with Gasteiger partial charge in [0.1, 0.15) is 0 Å². The van der Waals surface area contributed by atoms with Crippen LogP contribution in [0.15, 0.2) is 0 Å². The number of alkyl halides is 2. The Morgan fingerprint density at radius 3 is 2.83 bits per heavy atom. The van der Waals surface area contributed by atoms with Crippen LogP contribution in [0.25, 0.3) is 0 Å². The zero-order valence-electron chi connectivity index (χ0n) is 7.04. The summed E-state index contributed by atoms with van der Waals surface area (Å²) in [5.41, 5.74) is 5.57. The smallest absolute Gasteiger partial charge is 0.254 e. The highest BCUT2D eigenvalue weighted by Crippen LogP contribution is 2.16. The SMILES string of the molecule is CN1C(N)COCCC1C(F)F. The fourth-order valence-corrected chi connectivity index (χ4v) is 1.28. The van der Waals surface area contributed by atoms with Crippen LogP contribution >= 0.6 is 0 Å². The lowest BCUT2D eigenvalue weighted by molar-refractivity contribution is 0.0220. The number of likely N-dealkylation sites (N-methyl/N-ethyl adjacent to an activating group) is 1. The first-order valence-electron chi connectivity index (χ1n) is 3.96. The molecule has 2 unspecified atom stereocenters. The molecule has 1 aliphatic heterocycles. The molecule has 0 aromatic heterocycles. The topological polar surface area (TPSA) is 38.5 Å². The minimum Gasteiger partial charge on any atom is -0.378 e. The molecule has 0 aromatic carbocycles. The first-order valence-corrected chi connectivity index (χ1v) is 3.96. The van der Waals surface area contributed by atoms with Crippen LogP contribution in [0.2, 0.25) is 0 Å². The number of hydrogen-bond acceptors (Lipinski definition) is 3. The maximum atomic E-state index is 12.4. The van der Waals surface area contributed by atoms with Crippen molar-refractivity contribution in [3.8, 4) is 0 Å². The average molecular weight is 180 g/mol. The normalized spacial score (nSPS) is 33.8. The van der Waals surface area contributed by atoms with Crippen LogP contribution in [-0.4, -0.2) is 43.8 Å². The van der Waals surface area contributed by atoms with E-state index in [1.807, 2.05) is 0 Å². The van der Waals surface area contributed by atoms with Crippen molar-refractivity contribution in [2.24, 2.45) is 5.73 Å². The molecule has 0 saturated carbocycles. The number of halogens is 2. The molecule has 0 bridgehead atoms. The summed E-state index contributed by atoms with van der Waals surface area (Å²) in [5.74, 6) is 0. The molecule has 0 amide bonds. The van der Waals surface area contributed by atoms with E-state index in [1.54, 1.807) is 7.05 Å². The van der Waals surface area contributed by atoms with Gasteiger partial charge in [-0.3, -0.25) is 4.90 Å². The lowest BCUT2D eigenvalue weighted by atomic mass is 10.2. The van der Waals surface area contributed by atoms with E-state index in [0.29, 0.717) is 19.6 Å². The van der Waals surface area contributed by atoms with Crippen LogP contribution in [0.4, 0.5) is 8.78 Å². The largest absolute Gasteiger partial charge is 0.378 e. The Balaban J connectivity index is 2.58. The third-order valence-corrected chi connectivity index (χ3v) is 2.18. The molecule has 1 saturated heterocycles. The molecule has 5 heteroatoms. The van der Waals surface area contributed by atoms with Gasteiger partial charge in [0, 0.05) is 6.61 Å². The Kier molecular flexibility index (Phi) is 3.37. The van der Waals surface area contributed by atoms with Crippen molar-refractivity contribution in [3.63, 3.8) is 0 Å². The van der Waals surface area contributed by atoms with Gasteiger partial charge in [0.05, 0.1) is 18.8 Å². The van der Waals surface area contributed by atoms with E-state index in [4.69, 9.17) is 10.5 Å². The summed E-state index contributed by atoms with van der Waals surface area (Å²) >= 11 is 0. The molecule has 1 fully saturated rings. The summed E-state index contributed by atoms with van der Waals surface area (Å²) < 4.78 is 29.8. The molecule has 0 aromatic rings. The fourth-order valence-electron chi connectivity index (χ4n) is 1.28. The molecule has 72 valence electrons. The third kappa shape index (κ3) is 2.12. The minimum atomic E-state index is -2.34. The molecule has 0 aliphatic carbocycles. The second-order valence-electron chi connectivity index (χ2n) is 3.00. The Morgan fingerprint density at radius 2 is 2.25 bits per heavy atom. The van der Waals surface area contributed by atoms with Crippen molar-refractivity contribution in [1.82, 2.24) is 4.90 Å². The van der Waals surface area contributed by atoms with Crippen molar-refractivity contribution < 1.29 is 13.5 Å². The maximum absolute atomic E-state index is 12.4. The lowest BCUT2D eigenvalue weighted by Gasteiger charge is -2.28. The molecule has 12 heavy (non-hydrogen) atoms. The van der Waals surface area contributed by atoms with Gasteiger partial charge in [-0.1, -0.05) is 0 Å². The highest BCUT2D eigenvalue weighted by Gasteiger charge is 2.30. The van der Waals surface area contributed by atoms with Crippen molar-refractivity contribution in [1.29, 1.82) is 0 Å². The van der Waals surface area contributed by atoms with E-state index in [-0.39, 0.29) is 0 Å². The van der Waals surface area contributed by atoms with E-state index >= 15 is 0 Å². The molecule has 0 spiro atoms. The predicted octanol–water partition coefficient (Wildman–Crippen LogP) is 0.257. The standard InChI is InChI=1S/C7H14F2N2O/c1-11-5(7(8)9)2-3-12-4-6(11)10/h5-7H,2-4,10H2,1H3. The van der Waals surface area contributed by atoms with Gasteiger partial charge in [-0.05, 0) is 13.5 Å². The van der Waals surface area contributed by atoms with Crippen LogP contribution in [0.3, 0.4) is 0 Å². The van der Waals surface area contributed by atoms with Crippen molar-refractivity contribution >= 4 is 0 Å². The number of hydrogen-bond donors (Lipinski definition) is 1. The molecule has 0 radical (unpaired) electrons. The summed E-state index contributed by atoms with van der Waals surface area (Å²) in [6.45, 7) is 0.701. The third-order valence-electron chi connectivity index (χ3n) is 2.18. The molecule has 2 atom stereocenters. The summed E-state index contributed by atoms with van der Waals surface area (Å²) in [7, 11) is 1.61. The van der Waals surface area contributed by atoms with Crippen LogP contribution < -0.4 is 5.73 Å². The van der Waals surface area contributed by atoms with E-state index in [2.05, 4.69) is 0 Å². The van der Waals surface area contributed by atoms with Gasteiger partial charge in [-0.15, -0.1) is 0 Å². The summed E-state index contributed by atoms with van der Waals surface area (Å²) in [5, 5.41) is 0.